The third-order valence-corrected chi connectivity index (χ3v) is 4.39. The van der Waals surface area contributed by atoms with Gasteiger partial charge in [0.2, 0.25) is 18.2 Å². The highest BCUT2D eigenvalue weighted by Gasteiger charge is 2.28. The van der Waals surface area contributed by atoms with Crippen LogP contribution in [0.25, 0.3) is 0 Å². The molecule has 0 radical (unpaired) electrons. The topological polar surface area (TPSA) is 101 Å². The van der Waals surface area contributed by atoms with Crippen molar-refractivity contribution in [1.82, 2.24) is 20.6 Å². The van der Waals surface area contributed by atoms with Crippen LogP contribution in [0.2, 0.25) is 0 Å². The van der Waals surface area contributed by atoms with E-state index in [-0.39, 0.29) is 24.5 Å². The van der Waals surface area contributed by atoms with Gasteiger partial charge in [-0.05, 0) is 6.42 Å². The minimum Gasteiger partial charge on any atom is -0.425 e. The Labute approximate surface area is 142 Å². The monoisotopic (exact) mass is 340 g/mol. The van der Waals surface area contributed by atoms with Gasteiger partial charge in [-0.15, -0.1) is 10.2 Å². The molecule has 24 heavy (non-hydrogen) atoms. The van der Waals surface area contributed by atoms with Gasteiger partial charge >= 0.3 is 0 Å². The fraction of sp³-hybridized carbons (Fsp3) is 0.812. The third kappa shape index (κ3) is 5.25. The Morgan fingerprint density at radius 1 is 1.42 bits per heavy atom. The summed E-state index contributed by atoms with van der Waals surface area (Å²) in [5, 5.41) is 21.8. The standard InChI is InChI=1S/C16H28N4O4/c1-3-4-5-6-13(10-20(22)11-21)16-19-18-15(24-16)12(2)14-9-17-7-8-23-14/h11-14,17,22H,3-10H2,1-2H3. The Hall–Kier alpha value is -1.51. The second kappa shape index (κ2) is 9.71. The highest BCUT2D eigenvalue weighted by atomic mass is 16.5. The highest BCUT2D eigenvalue weighted by Crippen LogP contribution is 2.26. The van der Waals surface area contributed by atoms with Gasteiger partial charge < -0.3 is 14.5 Å². The van der Waals surface area contributed by atoms with Crippen molar-refractivity contribution in [2.24, 2.45) is 0 Å². The summed E-state index contributed by atoms with van der Waals surface area (Å²) >= 11 is 0. The fourth-order valence-corrected chi connectivity index (χ4v) is 2.86. The second-order valence-electron chi connectivity index (χ2n) is 6.30. The number of morpholine rings is 1. The van der Waals surface area contributed by atoms with Gasteiger partial charge in [0.1, 0.15) is 0 Å². The van der Waals surface area contributed by atoms with E-state index in [0.717, 1.165) is 38.8 Å². The number of unbranched alkanes of at least 4 members (excludes halogenated alkanes) is 2. The summed E-state index contributed by atoms with van der Waals surface area (Å²) < 4.78 is 11.6. The number of hydroxylamine groups is 2. The number of carbonyl (C=O) groups excluding carboxylic acids is 1. The lowest BCUT2D eigenvalue weighted by molar-refractivity contribution is -0.151. The maximum atomic E-state index is 10.7. The highest BCUT2D eigenvalue weighted by molar-refractivity contribution is 5.44. The number of aromatic nitrogens is 2. The second-order valence-corrected chi connectivity index (χ2v) is 6.30. The molecule has 1 saturated heterocycles. The molecular weight excluding hydrogens is 312 g/mol. The Morgan fingerprint density at radius 3 is 2.88 bits per heavy atom. The van der Waals surface area contributed by atoms with Gasteiger partial charge in [-0.2, -0.15) is 0 Å². The molecule has 2 rings (SSSR count). The fourth-order valence-electron chi connectivity index (χ4n) is 2.86. The molecule has 1 aliphatic rings. The van der Waals surface area contributed by atoms with Crippen LogP contribution in [0.3, 0.4) is 0 Å². The first-order chi connectivity index (χ1) is 11.7. The summed E-state index contributed by atoms with van der Waals surface area (Å²) in [7, 11) is 0. The number of hydrogen-bond acceptors (Lipinski definition) is 7. The van der Waals surface area contributed by atoms with E-state index in [1.807, 2.05) is 6.92 Å². The largest absolute Gasteiger partial charge is 0.425 e. The molecule has 0 spiro atoms. The van der Waals surface area contributed by atoms with Crippen molar-refractivity contribution < 1.29 is 19.2 Å². The average Bonchev–Trinajstić information content (AvgIpc) is 3.11. The van der Waals surface area contributed by atoms with E-state index in [1.54, 1.807) is 0 Å². The quantitative estimate of drug-likeness (QED) is 0.289. The zero-order valence-electron chi connectivity index (χ0n) is 14.5. The van der Waals surface area contributed by atoms with Gasteiger partial charge in [0, 0.05) is 13.1 Å². The Bertz CT molecular complexity index is 490. The first kappa shape index (κ1) is 18.8. The van der Waals surface area contributed by atoms with Crippen molar-refractivity contribution in [3.05, 3.63) is 11.8 Å². The lowest BCUT2D eigenvalue weighted by atomic mass is 10.0. The van der Waals surface area contributed by atoms with Crippen LogP contribution < -0.4 is 5.32 Å². The average molecular weight is 340 g/mol. The predicted octanol–water partition coefficient (Wildman–Crippen LogP) is 1.67. The number of nitrogens with one attached hydrogen (secondary N) is 1. The maximum absolute atomic E-state index is 10.7. The minimum absolute atomic E-state index is 0.00774. The van der Waals surface area contributed by atoms with Crippen LogP contribution in [0.5, 0.6) is 0 Å². The van der Waals surface area contributed by atoms with Gasteiger partial charge in [-0.1, -0.05) is 33.1 Å². The van der Waals surface area contributed by atoms with Gasteiger partial charge in [-0.25, -0.2) is 5.06 Å². The van der Waals surface area contributed by atoms with Crippen molar-refractivity contribution >= 4 is 6.41 Å². The van der Waals surface area contributed by atoms with E-state index in [9.17, 15) is 10.0 Å². The molecule has 2 heterocycles. The third-order valence-electron chi connectivity index (χ3n) is 4.39. The number of nitrogens with zero attached hydrogens (tertiary/aromatic N) is 3. The number of amides is 1. The molecule has 3 atom stereocenters. The Balaban J connectivity index is 2.03. The lowest BCUT2D eigenvalue weighted by Gasteiger charge is -2.26. The molecular formula is C16H28N4O4. The first-order valence-electron chi connectivity index (χ1n) is 8.72. The predicted molar refractivity (Wildman–Crippen MR) is 86.8 cm³/mol. The van der Waals surface area contributed by atoms with Crippen molar-refractivity contribution in [3.63, 3.8) is 0 Å². The molecule has 1 aromatic heterocycles. The number of ether oxygens (including phenoxy) is 1. The van der Waals surface area contributed by atoms with Gasteiger partial charge in [-0.3, -0.25) is 10.0 Å². The smallest absolute Gasteiger partial charge is 0.233 e. The SMILES string of the molecule is CCCCCC(CN(O)C=O)c1nnc(C(C)C2CNCCO2)o1. The molecule has 1 aliphatic heterocycles. The summed E-state index contributed by atoms with van der Waals surface area (Å²) in [6, 6.07) is 0. The molecule has 136 valence electrons. The Morgan fingerprint density at radius 2 is 2.21 bits per heavy atom. The Kier molecular flexibility index (Phi) is 7.61. The van der Waals surface area contributed by atoms with Crippen molar-refractivity contribution in [2.45, 2.75) is 57.5 Å². The normalized spacial score (nSPS) is 20.5. The molecule has 1 amide bonds. The van der Waals surface area contributed by atoms with E-state index in [0.29, 0.717) is 29.9 Å². The molecule has 0 aromatic carbocycles. The van der Waals surface area contributed by atoms with Gasteiger partial charge in [0.15, 0.2) is 0 Å². The van der Waals surface area contributed by atoms with Crippen LogP contribution in [0.1, 0.15) is 63.1 Å². The minimum atomic E-state index is -0.161. The van der Waals surface area contributed by atoms with E-state index in [1.165, 1.54) is 0 Å². The van der Waals surface area contributed by atoms with Gasteiger partial charge in [0.05, 0.1) is 31.1 Å². The summed E-state index contributed by atoms with van der Waals surface area (Å²) in [4.78, 5) is 10.7. The molecule has 0 aliphatic carbocycles. The van der Waals surface area contributed by atoms with Gasteiger partial charge in [0.25, 0.3) is 0 Å². The van der Waals surface area contributed by atoms with Crippen LogP contribution in [0, 0.1) is 0 Å². The van der Waals surface area contributed by atoms with E-state index >= 15 is 0 Å². The zero-order chi connectivity index (χ0) is 17.4. The summed E-state index contributed by atoms with van der Waals surface area (Å²) in [5.41, 5.74) is 0. The van der Waals surface area contributed by atoms with Crippen molar-refractivity contribution in [2.75, 3.05) is 26.2 Å². The molecule has 1 aromatic rings. The van der Waals surface area contributed by atoms with Crippen LogP contribution in [0.4, 0.5) is 0 Å². The van der Waals surface area contributed by atoms with Crippen molar-refractivity contribution in [1.29, 1.82) is 0 Å². The van der Waals surface area contributed by atoms with E-state index in [4.69, 9.17) is 9.15 Å². The van der Waals surface area contributed by atoms with Crippen LogP contribution >= 0.6 is 0 Å². The van der Waals surface area contributed by atoms with E-state index < -0.39 is 0 Å². The van der Waals surface area contributed by atoms with E-state index in [2.05, 4.69) is 22.4 Å². The van der Waals surface area contributed by atoms with Crippen LogP contribution in [-0.2, 0) is 9.53 Å². The molecule has 1 fully saturated rings. The molecule has 3 unspecified atom stereocenters. The molecule has 0 saturated carbocycles. The number of carbonyl (C=O) groups is 1. The van der Waals surface area contributed by atoms with Crippen LogP contribution in [0.15, 0.2) is 4.42 Å². The maximum Gasteiger partial charge on any atom is 0.233 e. The molecule has 8 nitrogen and oxygen atoms in total. The summed E-state index contributed by atoms with van der Waals surface area (Å²) in [5.74, 6) is 0.838. The van der Waals surface area contributed by atoms with Crippen molar-refractivity contribution in [3.8, 4) is 0 Å². The molecule has 8 heteroatoms. The number of hydrogen-bond donors (Lipinski definition) is 2. The zero-order valence-corrected chi connectivity index (χ0v) is 14.5. The molecule has 2 N–H and O–H groups in total. The van der Waals surface area contributed by atoms with Crippen LogP contribution in [-0.4, -0.2) is 59.2 Å². The first-order valence-corrected chi connectivity index (χ1v) is 8.72. The number of rotatable bonds is 10. The molecule has 0 bridgehead atoms. The summed E-state index contributed by atoms with van der Waals surface area (Å²) in [6.07, 6.45) is 4.36. The lowest BCUT2D eigenvalue weighted by Crippen LogP contribution is -2.41. The summed E-state index contributed by atoms with van der Waals surface area (Å²) in [6.45, 7) is 6.58.